The van der Waals surface area contributed by atoms with Crippen LogP contribution in [0.25, 0.3) is 0 Å². The van der Waals surface area contributed by atoms with Gasteiger partial charge in [-0.15, -0.1) is 0 Å². The first-order chi connectivity index (χ1) is 14.6. The molecule has 1 aliphatic rings. The summed E-state index contributed by atoms with van der Waals surface area (Å²) < 4.78 is 7.72. The molecule has 0 spiro atoms. The molecule has 0 bridgehead atoms. The second kappa shape index (κ2) is 8.66. The highest BCUT2D eigenvalue weighted by Gasteiger charge is 2.31. The number of Topliss-reactive ketones (excluding diaryl/α,β-unsaturated/α-hetero) is 2. The number of nitrogens with zero attached hydrogens (tertiary/aromatic N) is 2. The molecule has 1 atom stereocenters. The number of benzene rings is 2. The molecule has 1 unspecified atom stereocenters. The molecule has 3 aromatic rings. The Hall–Kier alpha value is -3.21. The Morgan fingerprint density at radius 1 is 1.17 bits per heavy atom. The molecular formula is C25H26N2O3. The molecule has 0 radical (unpaired) electrons. The molecule has 4 rings (SSSR count). The summed E-state index contributed by atoms with van der Waals surface area (Å²) in [5.41, 5.74) is 4.33. The van der Waals surface area contributed by atoms with E-state index in [4.69, 9.17) is 4.74 Å². The summed E-state index contributed by atoms with van der Waals surface area (Å²) in [4.78, 5) is 25.6. The van der Waals surface area contributed by atoms with Gasteiger partial charge in [0.25, 0.3) is 0 Å². The molecule has 2 aromatic carbocycles. The van der Waals surface area contributed by atoms with Crippen molar-refractivity contribution in [2.75, 3.05) is 6.61 Å². The Morgan fingerprint density at radius 2 is 1.97 bits per heavy atom. The van der Waals surface area contributed by atoms with Crippen LogP contribution in [0.1, 0.15) is 69.5 Å². The third-order valence-corrected chi connectivity index (χ3v) is 5.66. The fourth-order valence-corrected chi connectivity index (χ4v) is 4.05. The monoisotopic (exact) mass is 402 g/mol. The largest absolute Gasteiger partial charge is 0.492 e. The number of aromatic nitrogens is 2. The van der Waals surface area contributed by atoms with Crippen LogP contribution in [0, 0.1) is 0 Å². The molecule has 30 heavy (non-hydrogen) atoms. The number of fused-ring (bicyclic) bond motifs is 1. The number of carbonyl (C=O) groups excluding carboxylic acids is 2. The standard InChI is InChI=1S/C25H26N2O3/c1-3-23(28)21-13-19(24(29)11-7-8-17-14-26-27(2)15-17)12-20-22(16-30-25(20)21)18-9-5-4-6-10-18/h4-6,9-10,12-15,22H,3,7-8,11,16H2,1-2H3. The van der Waals surface area contributed by atoms with Gasteiger partial charge in [-0.25, -0.2) is 0 Å². The number of rotatable bonds is 8. The van der Waals surface area contributed by atoms with E-state index in [1.165, 1.54) is 0 Å². The zero-order valence-corrected chi connectivity index (χ0v) is 17.4. The number of aryl methyl sites for hydroxylation is 2. The predicted octanol–water partition coefficient (Wildman–Crippen LogP) is 4.74. The van der Waals surface area contributed by atoms with E-state index in [9.17, 15) is 9.59 Å². The molecule has 1 aromatic heterocycles. The van der Waals surface area contributed by atoms with Crippen LogP contribution in [-0.2, 0) is 13.5 Å². The zero-order valence-electron chi connectivity index (χ0n) is 17.4. The lowest BCUT2D eigenvalue weighted by Crippen LogP contribution is -2.06. The van der Waals surface area contributed by atoms with Gasteiger partial charge in [0, 0.05) is 43.1 Å². The Kier molecular flexibility index (Phi) is 5.79. The van der Waals surface area contributed by atoms with Crippen LogP contribution >= 0.6 is 0 Å². The van der Waals surface area contributed by atoms with E-state index < -0.39 is 0 Å². The first kappa shape index (κ1) is 20.1. The van der Waals surface area contributed by atoms with E-state index >= 15 is 0 Å². The minimum Gasteiger partial charge on any atom is -0.492 e. The van der Waals surface area contributed by atoms with E-state index in [-0.39, 0.29) is 17.5 Å². The van der Waals surface area contributed by atoms with Crippen molar-refractivity contribution in [3.63, 3.8) is 0 Å². The van der Waals surface area contributed by atoms with Gasteiger partial charge in [-0.05, 0) is 36.1 Å². The third kappa shape index (κ3) is 4.06. The van der Waals surface area contributed by atoms with Crippen LogP contribution in [0.2, 0.25) is 0 Å². The summed E-state index contributed by atoms with van der Waals surface area (Å²) in [6, 6.07) is 13.8. The molecule has 154 valence electrons. The van der Waals surface area contributed by atoms with Crippen molar-refractivity contribution in [3.8, 4) is 5.75 Å². The highest BCUT2D eigenvalue weighted by molar-refractivity contribution is 6.04. The van der Waals surface area contributed by atoms with Crippen LogP contribution in [0.15, 0.2) is 54.9 Å². The summed E-state index contributed by atoms with van der Waals surface area (Å²) in [5, 5.41) is 4.17. The van der Waals surface area contributed by atoms with Crippen LogP contribution in [0.3, 0.4) is 0 Å². The molecule has 5 nitrogen and oxygen atoms in total. The van der Waals surface area contributed by atoms with E-state index in [0.29, 0.717) is 36.3 Å². The smallest absolute Gasteiger partial charge is 0.166 e. The molecule has 1 aliphatic heterocycles. The summed E-state index contributed by atoms with van der Waals surface area (Å²) >= 11 is 0. The van der Waals surface area contributed by atoms with Gasteiger partial charge in [0.15, 0.2) is 11.6 Å². The quantitative estimate of drug-likeness (QED) is 0.511. The number of hydrogen-bond acceptors (Lipinski definition) is 4. The highest BCUT2D eigenvalue weighted by Crippen LogP contribution is 2.42. The molecule has 0 saturated heterocycles. The Balaban J connectivity index is 1.60. The normalized spacial score (nSPS) is 14.9. The van der Waals surface area contributed by atoms with Gasteiger partial charge in [0.05, 0.1) is 18.4 Å². The van der Waals surface area contributed by atoms with Crippen molar-refractivity contribution in [2.45, 2.75) is 38.5 Å². The molecule has 0 N–H and O–H groups in total. The lowest BCUT2D eigenvalue weighted by molar-refractivity contribution is 0.0980. The fourth-order valence-electron chi connectivity index (χ4n) is 4.05. The highest BCUT2D eigenvalue weighted by atomic mass is 16.5. The van der Waals surface area contributed by atoms with Gasteiger partial charge in [-0.1, -0.05) is 37.3 Å². The maximum absolute atomic E-state index is 13.0. The second-order valence-corrected chi connectivity index (χ2v) is 7.79. The molecular weight excluding hydrogens is 376 g/mol. The van der Waals surface area contributed by atoms with E-state index in [1.54, 1.807) is 10.7 Å². The number of hydrogen-bond donors (Lipinski definition) is 0. The first-order valence-electron chi connectivity index (χ1n) is 10.5. The van der Waals surface area contributed by atoms with Crippen LogP contribution in [-0.4, -0.2) is 28.0 Å². The van der Waals surface area contributed by atoms with Crippen LogP contribution in [0.5, 0.6) is 5.75 Å². The van der Waals surface area contributed by atoms with Crippen molar-refractivity contribution in [1.29, 1.82) is 0 Å². The molecule has 5 heteroatoms. The minimum atomic E-state index is 0.00460. The van der Waals surface area contributed by atoms with Crippen molar-refractivity contribution in [3.05, 3.63) is 82.7 Å². The van der Waals surface area contributed by atoms with Crippen molar-refractivity contribution in [2.24, 2.45) is 7.05 Å². The molecule has 0 amide bonds. The lowest BCUT2D eigenvalue weighted by atomic mass is 9.88. The Labute approximate surface area is 176 Å². The SMILES string of the molecule is CCC(=O)c1cc(C(=O)CCCc2cnn(C)c2)cc2c1OCC2c1ccccc1. The summed E-state index contributed by atoms with van der Waals surface area (Å²) in [5.74, 6) is 0.742. The Morgan fingerprint density at radius 3 is 2.67 bits per heavy atom. The van der Waals surface area contributed by atoms with Gasteiger partial charge in [-0.2, -0.15) is 5.10 Å². The second-order valence-electron chi connectivity index (χ2n) is 7.79. The van der Waals surface area contributed by atoms with Crippen molar-refractivity contribution in [1.82, 2.24) is 9.78 Å². The first-order valence-corrected chi connectivity index (χ1v) is 10.5. The van der Waals surface area contributed by atoms with Crippen LogP contribution in [0.4, 0.5) is 0 Å². The fraction of sp³-hybridized carbons (Fsp3) is 0.320. The number of ketones is 2. The minimum absolute atomic E-state index is 0.00460. The summed E-state index contributed by atoms with van der Waals surface area (Å²) in [6.07, 6.45) is 6.17. The molecule has 0 saturated carbocycles. The maximum Gasteiger partial charge on any atom is 0.166 e. The topological polar surface area (TPSA) is 61.2 Å². The summed E-state index contributed by atoms with van der Waals surface area (Å²) in [7, 11) is 1.89. The van der Waals surface area contributed by atoms with E-state index in [1.807, 2.05) is 50.6 Å². The van der Waals surface area contributed by atoms with Gasteiger partial charge in [0.2, 0.25) is 0 Å². The lowest BCUT2D eigenvalue weighted by Gasteiger charge is -2.12. The molecule has 0 aliphatic carbocycles. The van der Waals surface area contributed by atoms with Gasteiger partial charge < -0.3 is 4.74 Å². The average Bonchev–Trinajstić information content (AvgIpc) is 3.39. The van der Waals surface area contributed by atoms with Gasteiger partial charge in [-0.3, -0.25) is 14.3 Å². The number of ether oxygens (including phenoxy) is 1. The summed E-state index contributed by atoms with van der Waals surface area (Å²) in [6.45, 7) is 2.32. The molecule has 2 heterocycles. The zero-order chi connectivity index (χ0) is 21.1. The van der Waals surface area contributed by atoms with Crippen molar-refractivity contribution >= 4 is 11.6 Å². The average molecular weight is 402 g/mol. The third-order valence-electron chi connectivity index (χ3n) is 5.66. The van der Waals surface area contributed by atoms with E-state index in [0.717, 1.165) is 29.5 Å². The molecule has 0 fully saturated rings. The van der Waals surface area contributed by atoms with Gasteiger partial charge in [0.1, 0.15) is 5.75 Å². The van der Waals surface area contributed by atoms with Crippen LogP contribution < -0.4 is 4.74 Å². The Bertz CT molecular complexity index is 1070. The van der Waals surface area contributed by atoms with Crippen molar-refractivity contribution < 1.29 is 14.3 Å². The maximum atomic E-state index is 13.0. The number of carbonyl (C=O) groups is 2. The van der Waals surface area contributed by atoms with Gasteiger partial charge >= 0.3 is 0 Å². The van der Waals surface area contributed by atoms with E-state index in [2.05, 4.69) is 17.2 Å². The predicted molar refractivity (Wildman–Crippen MR) is 115 cm³/mol.